The van der Waals surface area contributed by atoms with E-state index in [1.54, 1.807) is 6.08 Å². The number of carbonyl (C=O) groups is 3. The van der Waals surface area contributed by atoms with Crippen molar-refractivity contribution in [2.45, 2.75) is 6.92 Å². The third-order valence-electron chi connectivity index (χ3n) is 1.01. The number of allylic oxidation sites excluding steroid dienone is 2. The van der Waals surface area contributed by atoms with Gasteiger partial charge in [0.05, 0.1) is 6.26 Å². The normalized spacial score (nSPS) is 13.1. The van der Waals surface area contributed by atoms with Gasteiger partial charge in [0.15, 0.2) is 0 Å². The second kappa shape index (κ2) is 7.25. The third kappa shape index (κ3) is 8.17. The number of carbonyl (C=O) groups excluding carboxylic acids is 3. The van der Waals surface area contributed by atoms with Crippen LogP contribution in [0, 0.1) is 0 Å². The van der Waals surface area contributed by atoms with Gasteiger partial charge in [0, 0.05) is 19.1 Å². The maximum atomic E-state index is 10.0. The van der Waals surface area contributed by atoms with Crippen LogP contribution >= 0.6 is 0 Å². The number of esters is 3. The molecule has 0 N–H and O–H groups in total. The molecule has 0 bridgehead atoms. The summed E-state index contributed by atoms with van der Waals surface area (Å²) >= 11 is 0. The molecule has 1 heterocycles. The average Bonchev–Trinajstić information content (AvgIpc) is 2.51. The summed E-state index contributed by atoms with van der Waals surface area (Å²) in [7, 11) is 0. The summed E-state index contributed by atoms with van der Waals surface area (Å²) in [5.41, 5.74) is 0. The van der Waals surface area contributed by atoms with Gasteiger partial charge < -0.3 is 9.47 Å². The highest BCUT2D eigenvalue weighted by Gasteiger charge is 2.10. The molecule has 15 heavy (non-hydrogen) atoms. The molecule has 0 aliphatic carbocycles. The first-order valence-electron chi connectivity index (χ1n) is 3.95. The van der Waals surface area contributed by atoms with Crippen molar-refractivity contribution in [3.05, 3.63) is 37.1 Å². The van der Waals surface area contributed by atoms with Gasteiger partial charge in [-0.1, -0.05) is 12.7 Å². The molecular weight excluding hydrogens is 200 g/mol. The van der Waals surface area contributed by atoms with Crippen molar-refractivity contribution in [3.8, 4) is 0 Å². The predicted octanol–water partition coefficient (Wildman–Crippen LogP) is 0.875. The first-order chi connectivity index (χ1) is 7.06. The maximum absolute atomic E-state index is 10.0. The van der Waals surface area contributed by atoms with Gasteiger partial charge in [-0.15, -0.1) is 0 Å². The molecule has 0 atom stereocenters. The van der Waals surface area contributed by atoms with E-state index in [2.05, 4.69) is 16.1 Å². The molecule has 0 amide bonds. The van der Waals surface area contributed by atoms with Gasteiger partial charge >= 0.3 is 17.9 Å². The van der Waals surface area contributed by atoms with Gasteiger partial charge in [0.25, 0.3) is 0 Å². The van der Waals surface area contributed by atoms with Crippen molar-refractivity contribution in [1.29, 1.82) is 0 Å². The summed E-state index contributed by atoms with van der Waals surface area (Å²) in [6, 6.07) is 0. The van der Waals surface area contributed by atoms with Crippen molar-refractivity contribution in [2.75, 3.05) is 0 Å². The van der Waals surface area contributed by atoms with E-state index >= 15 is 0 Å². The zero-order valence-corrected chi connectivity index (χ0v) is 8.14. The summed E-state index contributed by atoms with van der Waals surface area (Å²) in [5.74, 6) is -1.47. The molecule has 0 aromatic heterocycles. The van der Waals surface area contributed by atoms with Crippen LogP contribution in [-0.2, 0) is 23.9 Å². The first-order valence-corrected chi connectivity index (χ1v) is 3.95. The Hall–Kier alpha value is -2.17. The molecule has 1 aliphatic heterocycles. The molecule has 0 spiro atoms. The molecular formula is C10H10O5. The Bertz CT molecular complexity index is 309. The molecule has 80 valence electrons. The highest BCUT2D eigenvalue weighted by Crippen LogP contribution is 1.92. The van der Waals surface area contributed by atoms with E-state index in [1.165, 1.54) is 19.3 Å². The fourth-order valence-electron chi connectivity index (χ4n) is 0.494. The van der Waals surface area contributed by atoms with Gasteiger partial charge in [-0.2, -0.15) is 0 Å². The molecule has 0 unspecified atom stereocenters. The Morgan fingerprint density at radius 3 is 2.20 bits per heavy atom. The van der Waals surface area contributed by atoms with Crippen LogP contribution in [0.1, 0.15) is 6.92 Å². The minimum Gasteiger partial charge on any atom is -0.435 e. The second-order valence-electron chi connectivity index (χ2n) is 2.25. The summed E-state index contributed by atoms with van der Waals surface area (Å²) in [4.78, 5) is 29.9. The lowest BCUT2D eigenvalue weighted by molar-refractivity contribution is -0.150. The Morgan fingerprint density at radius 2 is 1.93 bits per heavy atom. The monoisotopic (exact) mass is 210 g/mol. The molecule has 5 nitrogen and oxygen atoms in total. The number of hydrogen-bond donors (Lipinski definition) is 0. The SMILES string of the molecule is C=CC=COC(C)=O.O=C1C=CC(=O)O1. The lowest BCUT2D eigenvalue weighted by atomic mass is 10.6. The van der Waals surface area contributed by atoms with Gasteiger partial charge in [-0.05, 0) is 6.08 Å². The van der Waals surface area contributed by atoms with Gasteiger partial charge in [0.2, 0.25) is 0 Å². The Morgan fingerprint density at radius 1 is 1.40 bits per heavy atom. The van der Waals surface area contributed by atoms with Crippen LogP contribution < -0.4 is 0 Å². The molecule has 0 radical (unpaired) electrons. The van der Waals surface area contributed by atoms with Gasteiger partial charge in [-0.3, -0.25) is 4.79 Å². The van der Waals surface area contributed by atoms with Crippen LogP contribution in [0.15, 0.2) is 37.1 Å². The van der Waals surface area contributed by atoms with Crippen molar-refractivity contribution < 1.29 is 23.9 Å². The third-order valence-corrected chi connectivity index (χ3v) is 1.01. The summed E-state index contributed by atoms with van der Waals surface area (Å²) in [6.07, 6.45) is 6.53. The molecule has 0 saturated heterocycles. The molecule has 0 fully saturated rings. The Balaban J connectivity index is 0.000000262. The van der Waals surface area contributed by atoms with Crippen LogP contribution in [0.3, 0.4) is 0 Å². The maximum Gasteiger partial charge on any atom is 0.338 e. The van der Waals surface area contributed by atoms with Crippen molar-refractivity contribution >= 4 is 17.9 Å². The number of ether oxygens (including phenoxy) is 2. The zero-order valence-electron chi connectivity index (χ0n) is 8.14. The minimum absolute atomic E-state index is 0.317. The molecule has 1 aliphatic rings. The van der Waals surface area contributed by atoms with Crippen molar-refractivity contribution in [1.82, 2.24) is 0 Å². The Labute approximate surface area is 86.7 Å². The van der Waals surface area contributed by atoms with Gasteiger partial charge in [-0.25, -0.2) is 9.59 Å². The van der Waals surface area contributed by atoms with E-state index in [0.29, 0.717) is 0 Å². The lowest BCUT2D eigenvalue weighted by Crippen LogP contribution is -1.96. The van der Waals surface area contributed by atoms with Crippen LogP contribution in [-0.4, -0.2) is 17.9 Å². The molecule has 0 aromatic carbocycles. The summed E-state index contributed by atoms with van der Waals surface area (Å²) in [6.45, 7) is 4.72. The standard InChI is InChI=1S/C6H8O2.C4H2O3/c1-3-4-5-8-6(2)7;5-3-1-2-4(6)7-3/h3-5H,1H2,2H3;1-2H. The number of hydrogen-bond acceptors (Lipinski definition) is 5. The van der Waals surface area contributed by atoms with Crippen LogP contribution in [0.2, 0.25) is 0 Å². The van der Waals surface area contributed by atoms with Crippen molar-refractivity contribution in [2.24, 2.45) is 0 Å². The largest absolute Gasteiger partial charge is 0.435 e. The van der Waals surface area contributed by atoms with Crippen LogP contribution in [0.4, 0.5) is 0 Å². The van der Waals surface area contributed by atoms with Crippen LogP contribution in [0.25, 0.3) is 0 Å². The van der Waals surface area contributed by atoms with Crippen LogP contribution in [0.5, 0.6) is 0 Å². The van der Waals surface area contributed by atoms with E-state index in [9.17, 15) is 14.4 Å². The predicted molar refractivity (Wildman–Crippen MR) is 51.3 cm³/mol. The van der Waals surface area contributed by atoms with E-state index in [-0.39, 0.29) is 5.97 Å². The quantitative estimate of drug-likeness (QED) is 0.293. The molecule has 0 saturated carbocycles. The highest BCUT2D eigenvalue weighted by molar-refractivity contribution is 6.04. The lowest BCUT2D eigenvalue weighted by Gasteiger charge is -1.85. The van der Waals surface area contributed by atoms with Gasteiger partial charge in [0.1, 0.15) is 0 Å². The topological polar surface area (TPSA) is 69.7 Å². The molecule has 0 aromatic rings. The Kier molecular flexibility index (Phi) is 6.20. The minimum atomic E-state index is -0.579. The zero-order chi connectivity index (χ0) is 11.7. The summed E-state index contributed by atoms with van der Waals surface area (Å²) < 4.78 is 8.36. The van der Waals surface area contributed by atoms with E-state index in [1.807, 2.05) is 0 Å². The smallest absolute Gasteiger partial charge is 0.338 e. The highest BCUT2D eigenvalue weighted by atomic mass is 16.6. The molecule has 5 heteroatoms. The van der Waals surface area contributed by atoms with E-state index < -0.39 is 11.9 Å². The number of cyclic esters (lactones) is 2. The average molecular weight is 210 g/mol. The number of rotatable bonds is 2. The van der Waals surface area contributed by atoms with E-state index in [0.717, 1.165) is 12.2 Å². The second-order valence-corrected chi connectivity index (χ2v) is 2.25. The summed E-state index contributed by atoms with van der Waals surface area (Å²) in [5, 5.41) is 0. The fourth-order valence-corrected chi connectivity index (χ4v) is 0.494. The molecule has 1 rings (SSSR count). The fraction of sp³-hybridized carbons (Fsp3) is 0.100. The first kappa shape index (κ1) is 12.8. The van der Waals surface area contributed by atoms with Crippen molar-refractivity contribution in [3.63, 3.8) is 0 Å². The van der Waals surface area contributed by atoms with E-state index in [4.69, 9.17) is 0 Å².